The fourth-order valence-corrected chi connectivity index (χ4v) is 3.55. The van der Waals surface area contributed by atoms with Crippen molar-refractivity contribution in [3.63, 3.8) is 0 Å². The number of aromatic nitrogens is 2. The molecule has 2 N–H and O–H groups in total. The van der Waals surface area contributed by atoms with Crippen LogP contribution in [0.2, 0.25) is 0 Å². The van der Waals surface area contributed by atoms with Gasteiger partial charge in [0.05, 0.1) is 23.3 Å². The van der Waals surface area contributed by atoms with Crippen LogP contribution in [0.3, 0.4) is 0 Å². The molecule has 0 aliphatic rings. The van der Waals surface area contributed by atoms with E-state index in [1.807, 2.05) is 29.7 Å². The third-order valence-electron chi connectivity index (χ3n) is 3.56. The molecule has 2 aromatic carbocycles. The average molecular weight is 498 g/mol. The van der Waals surface area contributed by atoms with Crippen LogP contribution in [0.25, 0.3) is 5.69 Å². The molecule has 122 valence electrons. The van der Waals surface area contributed by atoms with Gasteiger partial charge in [0, 0.05) is 26.1 Å². The maximum Gasteiger partial charge on any atom is 0.337 e. The van der Waals surface area contributed by atoms with Crippen LogP contribution in [0.4, 0.5) is 11.4 Å². The van der Waals surface area contributed by atoms with E-state index in [-0.39, 0.29) is 5.56 Å². The highest BCUT2D eigenvalue weighted by molar-refractivity contribution is 14.1. The summed E-state index contributed by atoms with van der Waals surface area (Å²) in [6.07, 6.45) is 5.15. The molecule has 0 aliphatic carbocycles. The number of carboxylic acids is 1. The molecule has 0 bridgehead atoms. The van der Waals surface area contributed by atoms with Crippen molar-refractivity contribution in [1.29, 1.82) is 0 Å². The molecule has 0 amide bonds. The molecule has 7 heteroatoms. The van der Waals surface area contributed by atoms with Gasteiger partial charge in [0.25, 0.3) is 0 Å². The minimum absolute atomic E-state index is 0.198. The molecule has 1 heterocycles. The third kappa shape index (κ3) is 3.46. The van der Waals surface area contributed by atoms with Gasteiger partial charge < -0.3 is 15.0 Å². The lowest BCUT2D eigenvalue weighted by Crippen LogP contribution is -2.06. The first-order valence-corrected chi connectivity index (χ1v) is 8.91. The van der Waals surface area contributed by atoms with Crippen LogP contribution in [0, 0.1) is 10.5 Å². The van der Waals surface area contributed by atoms with Gasteiger partial charge in [0.2, 0.25) is 0 Å². The van der Waals surface area contributed by atoms with Crippen molar-refractivity contribution >= 4 is 55.9 Å². The maximum atomic E-state index is 11.6. The number of imidazole rings is 1. The van der Waals surface area contributed by atoms with E-state index in [1.54, 1.807) is 30.9 Å². The molecule has 5 nitrogen and oxygen atoms in total. The second-order valence-electron chi connectivity index (χ2n) is 5.21. The molecule has 3 aromatic rings. The summed E-state index contributed by atoms with van der Waals surface area (Å²) in [7, 11) is 0. The zero-order valence-electron chi connectivity index (χ0n) is 12.6. The average Bonchev–Trinajstić information content (AvgIpc) is 3.05. The van der Waals surface area contributed by atoms with E-state index in [2.05, 4.69) is 48.8 Å². The smallest absolute Gasteiger partial charge is 0.337 e. The number of aryl methyl sites for hydroxylation is 1. The summed E-state index contributed by atoms with van der Waals surface area (Å²) in [4.78, 5) is 15.7. The number of hydrogen-bond donors (Lipinski definition) is 2. The molecular weight excluding hydrogens is 485 g/mol. The predicted molar refractivity (Wildman–Crippen MR) is 105 cm³/mol. The lowest BCUT2D eigenvalue weighted by atomic mass is 10.1. The van der Waals surface area contributed by atoms with Gasteiger partial charge in [-0.25, -0.2) is 9.78 Å². The van der Waals surface area contributed by atoms with Gasteiger partial charge in [-0.3, -0.25) is 0 Å². The highest BCUT2D eigenvalue weighted by atomic mass is 127. The van der Waals surface area contributed by atoms with Crippen LogP contribution in [0.1, 0.15) is 15.9 Å². The van der Waals surface area contributed by atoms with Crippen LogP contribution < -0.4 is 5.32 Å². The zero-order chi connectivity index (χ0) is 17.3. The van der Waals surface area contributed by atoms with E-state index in [9.17, 15) is 9.90 Å². The number of carboxylic acid groups (broad SMARTS) is 1. The van der Waals surface area contributed by atoms with Crippen LogP contribution in [0.15, 0.2) is 53.5 Å². The molecule has 3 rings (SSSR count). The zero-order valence-corrected chi connectivity index (χ0v) is 16.4. The third-order valence-corrected chi connectivity index (χ3v) is 4.86. The van der Waals surface area contributed by atoms with Gasteiger partial charge in [-0.15, -0.1) is 0 Å². The number of aromatic carboxylic acids is 1. The molecule has 0 fully saturated rings. The standard InChI is InChI=1S/C17H13BrIN3O2/c1-10-6-11(19)2-3-14(10)21-15-8-16(22-5-4-20-9-22)13(18)7-12(15)17(23)24/h2-9,21H,1H3,(H,23,24). The summed E-state index contributed by atoms with van der Waals surface area (Å²) in [5.74, 6) is -0.987. The van der Waals surface area contributed by atoms with E-state index in [0.29, 0.717) is 10.2 Å². The number of benzene rings is 2. The Balaban J connectivity index is 2.10. The summed E-state index contributed by atoms with van der Waals surface area (Å²) >= 11 is 5.69. The summed E-state index contributed by atoms with van der Waals surface area (Å²) in [5, 5.41) is 12.8. The summed E-state index contributed by atoms with van der Waals surface area (Å²) in [5.41, 5.74) is 3.45. The fraction of sp³-hybridized carbons (Fsp3) is 0.0588. The number of halogens is 2. The van der Waals surface area contributed by atoms with Crippen LogP contribution >= 0.6 is 38.5 Å². The Morgan fingerprint density at radius 1 is 1.29 bits per heavy atom. The molecule has 1 aromatic heterocycles. The van der Waals surface area contributed by atoms with Gasteiger partial charge in [-0.1, -0.05) is 0 Å². The lowest BCUT2D eigenvalue weighted by molar-refractivity contribution is 0.0698. The Bertz CT molecular complexity index is 910. The van der Waals surface area contributed by atoms with E-state index >= 15 is 0 Å². The summed E-state index contributed by atoms with van der Waals surface area (Å²) < 4.78 is 3.63. The molecule has 0 aliphatic heterocycles. The Labute approximate surface area is 161 Å². The number of nitrogens with zero attached hydrogens (tertiary/aromatic N) is 2. The van der Waals surface area contributed by atoms with Crippen molar-refractivity contribution in [3.8, 4) is 5.69 Å². The van der Waals surface area contributed by atoms with Crippen molar-refractivity contribution in [2.75, 3.05) is 5.32 Å². The minimum Gasteiger partial charge on any atom is -0.478 e. The fourth-order valence-electron chi connectivity index (χ4n) is 2.35. The van der Waals surface area contributed by atoms with Crippen LogP contribution in [-0.2, 0) is 0 Å². The Morgan fingerprint density at radius 3 is 2.71 bits per heavy atom. The highest BCUT2D eigenvalue weighted by Gasteiger charge is 2.16. The Morgan fingerprint density at radius 2 is 2.08 bits per heavy atom. The van der Waals surface area contributed by atoms with Crippen LogP contribution in [0.5, 0.6) is 0 Å². The molecule has 24 heavy (non-hydrogen) atoms. The maximum absolute atomic E-state index is 11.6. The second-order valence-corrected chi connectivity index (χ2v) is 7.31. The first-order valence-electron chi connectivity index (χ1n) is 7.04. The first-order chi connectivity index (χ1) is 11.5. The predicted octanol–water partition coefficient (Wildman–Crippen LogP) is 4.99. The molecule has 0 atom stereocenters. The van der Waals surface area contributed by atoms with Gasteiger partial charge in [0.15, 0.2) is 0 Å². The molecule has 0 saturated heterocycles. The summed E-state index contributed by atoms with van der Waals surface area (Å²) in [6.45, 7) is 1.99. The van der Waals surface area contributed by atoms with Crippen molar-refractivity contribution in [2.24, 2.45) is 0 Å². The van der Waals surface area contributed by atoms with Gasteiger partial charge in [-0.05, 0) is 81.3 Å². The molecule has 0 spiro atoms. The molecular formula is C17H13BrIN3O2. The second kappa shape index (κ2) is 6.94. The number of carbonyl (C=O) groups is 1. The van der Waals surface area contributed by atoms with E-state index in [1.165, 1.54) is 0 Å². The number of nitrogens with one attached hydrogen (secondary N) is 1. The van der Waals surface area contributed by atoms with E-state index in [0.717, 1.165) is 20.5 Å². The van der Waals surface area contributed by atoms with Crippen molar-refractivity contribution < 1.29 is 9.90 Å². The summed E-state index contributed by atoms with van der Waals surface area (Å²) in [6, 6.07) is 9.36. The first kappa shape index (κ1) is 17.0. The Kier molecular flexibility index (Phi) is 4.91. The normalized spacial score (nSPS) is 10.6. The van der Waals surface area contributed by atoms with Gasteiger partial charge in [0.1, 0.15) is 0 Å². The topological polar surface area (TPSA) is 67.2 Å². The molecule has 0 radical (unpaired) electrons. The monoisotopic (exact) mass is 497 g/mol. The largest absolute Gasteiger partial charge is 0.478 e. The number of hydrogen-bond acceptors (Lipinski definition) is 3. The number of anilines is 2. The quantitative estimate of drug-likeness (QED) is 0.498. The number of rotatable bonds is 4. The molecule has 0 unspecified atom stereocenters. The minimum atomic E-state index is -0.987. The molecule has 0 saturated carbocycles. The SMILES string of the molecule is Cc1cc(I)ccc1Nc1cc(-n2ccnc2)c(Br)cc1C(=O)O. The van der Waals surface area contributed by atoms with Crippen molar-refractivity contribution in [3.05, 3.63) is 68.2 Å². The van der Waals surface area contributed by atoms with Crippen LogP contribution in [-0.4, -0.2) is 20.6 Å². The van der Waals surface area contributed by atoms with E-state index < -0.39 is 5.97 Å². The Hall–Kier alpha value is -1.87. The van der Waals surface area contributed by atoms with Crippen molar-refractivity contribution in [1.82, 2.24) is 9.55 Å². The highest BCUT2D eigenvalue weighted by Crippen LogP contribution is 2.31. The lowest BCUT2D eigenvalue weighted by Gasteiger charge is -2.15. The van der Waals surface area contributed by atoms with Gasteiger partial charge >= 0.3 is 5.97 Å². The van der Waals surface area contributed by atoms with Crippen molar-refractivity contribution in [2.45, 2.75) is 6.92 Å². The van der Waals surface area contributed by atoms with Gasteiger partial charge in [-0.2, -0.15) is 0 Å². The van der Waals surface area contributed by atoms with E-state index in [4.69, 9.17) is 0 Å².